The Kier molecular flexibility index (Phi) is 4.24. The summed E-state index contributed by atoms with van der Waals surface area (Å²) in [6, 6.07) is 8.39. The second kappa shape index (κ2) is 5.79. The van der Waals surface area contributed by atoms with Crippen LogP contribution in [0.5, 0.6) is 0 Å². The van der Waals surface area contributed by atoms with Crippen LogP contribution >= 0.6 is 0 Å². The zero-order valence-electron chi connectivity index (χ0n) is 11.2. The second-order valence-electron chi connectivity index (χ2n) is 4.56. The van der Waals surface area contributed by atoms with Gasteiger partial charge in [-0.05, 0) is 36.8 Å². The molecule has 1 atom stereocenters. The number of rotatable bonds is 4. The number of hydrogen-bond donors (Lipinski definition) is 2. The number of benzene rings is 2. The molecule has 0 saturated heterocycles. The van der Waals surface area contributed by atoms with Gasteiger partial charge in [0.05, 0.1) is 5.69 Å². The summed E-state index contributed by atoms with van der Waals surface area (Å²) in [6.07, 6.45) is 0. The van der Waals surface area contributed by atoms with Crippen molar-refractivity contribution in [2.75, 3.05) is 5.73 Å². The molecule has 3 N–H and O–H groups in total. The third kappa shape index (κ3) is 3.37. The molecule has 0 fully saturated rings. The van der Waals surface area contributed by atoms with Crippen molar-refractivity contribution in [2.45, 2.75) is 17.9 Å². The minimum absolute atomic E-state index is 0.186. The predicted molar refractivity (Wildman–Crippen MR) is 75.9 cm³/mol. The van der Waals surface area contributed by atoms with Crippen LogP contribution in [-0.4, -0.2) is 8.42 Å². The van der Waals surface area contributed by atoms with Crippen molar-refractivity contribution in [2.24, 2.45) is 0 Å². The van der Waals surface area contributed by atoms with Crippen LogP contribution in [0.3, 0.4) is 0 Å². The average molecular weight is 312 g/mol. The zero-order chi connectivity index (χ0) is 15.6. The highest BCUT2D eigenvalue weighted by atomic mass is 32.2. The molecule has 0 saturated carbocycles. The summed E-state index contributed by atoms with van der Waals surface area (Å²) >= 11 is 0. The summed E-state index contributed by atoms with van der Waals surface area (Å²) in [6.45, 7) is 1.53. The largest absolute Gasteiger partial charge is 0.398 e. The molecule has 1 unspecified atom stereocenters. The summed E-state index contributed by atoms with van der Waals surface area (Å²) in [5.74, 6) is -1.42. The van der Waals surface area contributed by atoms with E-state index < -0.39 is 32.6 Å². The van der Waals surface area contributed by atoms with E-state index in [1.807, 2.05) is 0 Å². The summed E-state index contributed by atoms with van der Waals surface area (Å²) in [4.78, 5) is -0.603. The molecule has 0 spiro atoms. The Morgan fingerprint density at radius 3 is 2.43 bits per heavy atom. The molecule has 0 radical (unpaired) electrons. The minimum atomic E-state index is -4.15. The van der Waals surface area contributed by atoms with Gasteiger partial charge in [-0.1, -0.05) is 18.2 Å². The van der Waals surface area contributed by atoms with Crippen LogP contribution in [0, 0.1) is 11.6 Å². The summed E-state index contributed by atoms with van der Waals surface area (Å²) in [7, 11) is -4.15. The van der Waals surface area contributed by atoms with Crippen LogP contribution < -0.4 is 10.5 Å². The quantitative estimate of drug-likeness (QED) is 0.852. The second-order valence-corrected chi connectivity index (χ2v) is 6.21. The Balaban J connectivity index is 2.34. The highest BCUT2D eigenvalue weighted by Gasteiger charge is 2.24. The minimum Gasteiger partial charge on any atom is -0.398 e. The SMILES string of the molecule is CC(NS(=O)(=O)c1c(N)cccc1F)c1cccc(F)c1. The van der Waals surface area contributed by atoms with Crippen molar-refractivity contribution < 1.29 is 17.2 Å². The number of nitrogens with two attached hydrogens (primary N) is 1. The summed E-state index contributed by atoms with van der Waals surface area (Å²) in [5.41, 5.74) is 5.77. The number of anilines is 1. The first-order valence-corrected chi connectivity index (χ1v) is 7.61. The number of nitrogen functional groups attached to an aromatic ring is 1. The Morgan fingerprint density at radius 2 is 1.81 bits per heavy atom. The smallest absolute Gasteiger partial charge is 0.246 e. The maximum absolute atomic E-state index is 13.7. The lowest BCUT2D eigenvalue weighted by Crippen LogP contribution is -2.28. The van der Waals surface area contributed by atoms with Crippen molar-refractivity contribution >= 4 is 15.7 Å². The van der Waals surface area contributed by atoms with Crippen LogP contribution in [0.15, 0.2) is 47.4 Å². The van der Waals surface area contributed by atoms with E-state index in [0.29, 0.717) is 5.56 Å². The predicted octanol–water partition coefficient (Wildman–Crippen LogP) is 2.59. The lowest BCUT2D eigenvalue weighted by Gasteiger charge is -2.16. The van der Waals surface area contributed by atoms with Gasteiger partial charge in [0.1, 0.15) is 16.5 Å². The molecule has 7 heteroatoms. The molecular weight excluding hydrogens is 298 g/mol. The number of halogens is 2. The van der Waals surface area contributed by atoms with Crippen molar-refractivity contribution in [3.8, 4) is 0 Å². The highest BCUT2D eigenvalue weighted by Crippen LogP contribution is 2.24. The van der Waals surface area contributed by atoms with Crippen molar-refractivity contribution in [1.82, 2.24) is 4.72 Å². The van der Waals surface area contributed by atoms with Crippen LogP contribution in [-0.2, 0) is 10.0 Å². The fourth-order valence-corrected chi connectivity index (χ4v) is 3.37. The van der Waals surface area contributed by atoms with Crippen molar-refractivity contribution in [1.29, 1.82) is 0 Å². The van der Waals surface area contributed by atoms with Crippen molar-refractivity contribution in [3.05, 3.63) is 59.7 Å². The first kappa shape index (κ1) is 15.4. The van der Waals surface area contributed by atoms with Gasteiger partial charge in [0.2, 0.25) is 10.0 Å². The van der Waals surface area contributed by atoms with E-state index >= 15 is 0 Å². The van der Waals surface area contributed by atoms with E-state index in [0.717, 1.165) is 6.07 Å². The summed E-state index contributed by atoms with van der Waals surface area (Å²) in [5, 5.41) is 0. The molecule has 0 aliphatic carbocycles. The molecule has 2 rings (SSSR count). The highest BCUT2D eigenvalue weighted by molar-refractivity contribution is 7.89. The van der Waals surface area contributed by atoms with Gasteiger partial charge in [0.15, 0.2) is 0 Å². The van der Waals surface area contributed by atoms with E-state index in [1.54, 1.807) is 6.07 Å². The molecule has 2 aromatic rings. The van der Waals surface area contributed by atoms with E-state index in [1.165, 1.54) is 37.3 Å². The molecule has 0 aliphatic heterocycles. The van der Waals surface area contributed by atoms with Gasteiger partial charge in [-0.25, -0.2) is 21.9 Å². The fourth-order valence-electron chi connectivity index (χ4n) is 1.94. The normalized spacial score (nSPS) is 13.1. The lowest BCUT2D eigenvalue weighted by atomic mass is 10.1. The molecule has 0 amide bonds. The Morgan fingerprint density at radius 1 is 1.14 bits per heavy atom. The number of hydrogen-bond acceptors (Lipinski definition) is 3. The molecule has 0 aliphatic rings. The van der Waals surface area contributed by atoms with Gasteiger partial charge in [0, 0.05) is 6.04 Å². The molecule has 2 aromatic carbocycles. The van der Waals surface area contributed by atoms with Gasteiger partial charge in [-0.15, -0.1) is 0 Å². The van der Waals surface area contributed by atoms with Gasteiger partial charge in [-0.3, -0.25) is 0 Å². The molecule has 0 heterocycles. The average Bonchev–Trinajstić information content (AvgIpc) is 2.37. The van der Waals surface area contributed by atoms with Crippen molar-refractivity contribution in [3.63, 3.8) is 0 Å². The maximum Gasteiger partial charge on any atom is 0.246 e. The van der Waals surface area contributed by atoms with E-state index in [4.69, 9.17) is 5.73 Å². The van der Waals surface area contributed by atoms with Crippen LogP contribution in [0.2, 0.25) is 0 Å². The van der Waals surface area contributed by atoms with Crippen LogP contribution in [0.1, 0.15) is 18.5 Å². The van der Waals surface area contributed by atoms with Crippen LogP contribution in [0.25, 0.3) is 0 Å². The maximum atomic E-state index is 13.7. The molecule has 4 nitrogen and oxygen atoms in total. The van der Waals surface area contributed by atoms with E-state index in [9.17, 15) is 17.2 Å². The molecule has 21 heavy (non-hydrogen) atoms. The zero-order valence-corrected chi connectivity index (χ0v) is 12.0. The first-order chi connectivity index (χ1) is 9.81. The number of sulfonamides is 1. The standard InChI is InChI=1S/C14H14F2N2O2S/c1-9(10-4-2-5-11(15)8-10)18-21(19,20)14-12(16)6-3-7-13(14)17/h2-9,18H,17H2,1H3. The molecule has 0 aromatic heterocycles. The fraction of sp³-hybridized carbons (Fsp3) is 0.143. The third-order valence-corrected chi connectivity index (χ3v) is 4.58. The monoisotopic (exact) mass is 312 g/mol. The van der Waals surface area contributed by atoms with E-state index in [2.05, 4.69) is 4.72 Å². The Hall–Kier alpha value is -1.99. The third-order valence-electron chi connectivity index (χ3n) is 2.95. The molecular formula is C14H14F2N2O2S. The summed E-state index contributed by atoms with van der Waals surface area (Å²) < 4.78 is 53.6. The van der Waals surface area contributed by atoms with Gasteiger partial charge >= 0.3 is 0 Å². The Labute approximate surface area is 121 Å². The van der Waals surface area contributed by atoms with Crippen LogP contribution in [0.4, 0.5) is 14.5 Å². The number of nitrogens with one attached hydrogen (secondary N) is 1. The lowest BCUT2D eigenvalue weighted by molar-refractivity contribution is 0.547. The van der Waals surface area contributed by atoms with Gasteiger partial charge in [0.25, 0.3) is 0 Å². The Bertz CT molecular complexity index is 743. The topological polar surface area (TPSA) is 72.2 Å². The first-order valence-electron chi connectivity index (χ1n) is 6.13. The molecule has 0 bridgehead atoms. The van der Waals surface area contributed by atoms with Gasteiger partial charge < -0.3 is 5.73 Å². The molecule has 112 valence electrons. The van der Waals surface area contributed by atoms with Gasteiger partial charge in [-0.2, -0.15) is 0 Å². The van der Waals surface area contributed by atoms with E-state index in [-0.39, 0.29) is 5.69 Å².